The molecule has 1 N–H and O–H groups in total. The van der Waals surface area contributed by atoms with Crippen LogP contribution in [0.4, 0.5) is 0 Å². The minimum absolute atomic E-state index is 0.157. The summed E-state index contributed by atoms with van der Waals surface area (Å²) in [6, 6.07) is 13.6. The van der Waals surface area contributed by atoms with Gasteiger partial charge in [0.1, 0.15) is 5.75 Å². The van der Waals surface area contributed by atoms with Crippen molar-refractivity contribution in [3.63, 3.8) is 0 Å². The maximum absolute atomic E-state index is 6.20. The zero-order valence-electron chi connectivity index (χ0n) is 11.8. The number of aromatic nitrogens is 2. The SMILES string of the molecule is CC(C)Oc1ccc(-n2c(=S)[nH]c3c(Cl)cccc32)cc1. The molecule has 0 fully saturated rings. The first-order valence-electron chi connectivity index (χ1n) is 6.72. The summed E-state index contributed by atoms with van der Waals surface area (Å²) < 4.78 is 8.25. The number of para-hydroxylation sites is 1. The second-order valence-corrected chi connectivity index (χ2v) is 5.85. The van der Waals surface area contributed by atoms with Gasteiger partial charge in [0.25, 0.3) is 0 Å². The molecule has 3 rings (SSSR count). The average Bonchev–Trinajstić information content (AvgIpc) is 2.77. The van der Waals surface area contributed by atoms with Crippen molar-refractivity contribution in [2.45, 2.75) is 20.0 Å². The van der Waals surface area contributed by atoms with Gasteiger partial charge in [-0.2, -0.15) is 0 Å². The molecule has 0 atom stereocenters. The van der Waals surface area contributed by atoms with Gasteiger partial charge in [-0.3, -0.25) is 4.57 Å². The van der Waals surface area contributed by atoms with Crippen molar-refractivity contribution in [1.29, 1.82) is 0 Å². The van der Waals surface area contributed by atoms with Crippen LogP contribution >= 0.6 is 23.8 Å². The van der Waals surface area contributed by atoms with Gasteiger partial charge < -0.3 is 9.72 Å². The molecule has 21 heavy (non-hydrogen) atoms. The van der Waals surface area contributed by atoms with Crippen molar-refractivity contribution >= 4 is 34.9 Å². The van der Waals surface area contributed by atoms with Crippen LogP contribution < -0.4 is 4.74 Å². The molecule has 0 bridgehead atoms. The van der Waals surface area contributed by atoms with E-state index in [-0.39, 0.29) is 6.10 Å². The first-order valence-corrected chi connectivity index (χ1v) is 7.51. The Kier molecular flexibility index (Phi) is 3.74. The number of H-pyrrole nitrogens is 1. The van der Waals surface area contributed by atoms with Crippen LogP contribution in [0.2, 0.25) is 5.02 Å². The summed E-state index contributed by atoms with van der Waals surface area (Å²) in [6.45, 7) is 4.01. The van der Waals surface area contributed by atoms with Crippen LogP contribution in [-0.4, -0.2) is 15.7 Å². The predicted molar refractivity (Wildman–Crippen MR) is 89.2 cm³/mol. The fraction of sp³-hybridized carbons (Fsp3) is 0.188. The van der Waals surface area contributed by atoms with Gasteiger partial charge in [0.05, 0.1) is 22.2 Å². The topological polar surface area (TPSA) is 29.9 Å². The highest BCUT2D eigenvalue weighted by molar-refractivity contribution is 7.71. The molecule has 0 radical (unpaired) electrons. The molecule has 1 heterocycles. The first kappa shape index (κ1) is 14.2. The Morgan fingerprint density at radius 3 is 2.52 bits per heavy atom. The second-order valence-electron chi connectivity index (χ2n) is 5.06. The van der Waals surface area contributed by atoms with Crippen molar-refractivity contribution in [1.82, 2.24) is 9.55 Å². The maximum atomic E-state index is 6.20. The standard InChI is InChI=1S/C16H15ClN2OS/c1-10(2)20-12-8-6-11(7-9-12)19-14-5-3-4-13(17)15(14)18-16(19)21/h3-10H,1-2H3,(H,18,21). The number of imidazole rings is 1. The number of nitrogens with zero attached hydrogens (tertiary/aromatic N) is 1. The number of hydrogen-bond acceptors (Lipinski definition) is 2. The minimum Gasteiger partial charge on any atom is -0.491 e. The third-order valence-electron chi connectivity index (χ3n) is 3.13. The molecular weight excluding hydrogens is 304 g/mol. The molecule has 0 aliphatic carbocycles. The molecule has 108 valence electrons. The Labute approximate surface area is 133 Å². The number of hydrogen-bond donors (Lipinski definition) is 1. The van der Waals surface area contributed by atoms with E-state index in [1.54, 1.807) is 0 Å². The number of nitrogens with one attached hydrogen (secondary N) is 1. The molecule has 0 spiro atoms. The van der Waals surface area contributed by atoms with Crippen molar-refractivity contribution in [3.05, 3.63) is 52.3 Å². The maximum Gasteiger partial charge on any atom is 0.182 e. The molecule has 1 aromatic heterocycles. The van der Waals surface area contributed by atoms with E-state index in [2.05, 4.69) is 4.98 Å². The van der Waals surface area contributed by atoms with E-state index < -0.39 is 0 Å². The number of benzene rings is 2. The molecule has 5 heteroatoms. The zero-order valence-corrected chi connectivity index (χ0v) is 13.3. The van der Waals surface area contributed by atoms with Crippen LogP contribution in [-0.2, 0) is 0 Å². The van der Waals surface area contributed by atoms with Gasteiger partial charge in [-0.05, 0) is 62.5 Å². The Morgan fingerprint density at radius 2 is 1.86 bits per heavy atom. The van der Waals surface area contributed by atoms with Gasteiger partial charge in [0, 0.05) is 5.69 Å². The van der Waals surface area contributed by atoms with E-state index in [4.69, 9.17) is 28.6 Å². The molecule has 2 aromatic carbocycles. The lowest BCUT2D eigenvalue weighted by molar-refractivity contribution is 0.242. The summed E-state index contributed by atoms with van der Waals surface area (Å²) in [7, 11) is 0. The highest BCUT2D eigenvalue weighted by Crippen LogP contribution is 2.26. The second kappa shape index (κ2) is 5.54. The van der Waals surface area contributed by atoms with Gasteiger partial charge in [0.15, 0.2) is 4.77 Å². The largest absolute Gasteiger partial charge is 0.491 e. The summed E-state index contributed by atoms with van der Waals surface area (Å²) in [6.07, 6.45) is 0.157. The van der Waals surface area contributed by atoms with Crippen LogP contribution in [0.1, 0.15) is 13.8 Å². The molecule has 0 aliphatic heterocycles. The highest BCUT2D eigenvalue weighted by Gasteiger charge is 2.09. The van der Waals surface area contributed by atoms with Gasteiger partial charge in [0.2, 0.25) is 0 Å². The molecule has 0 unspecified atom stereocenters. The van der Waals surface area contributed by atoms with Crippen molar-refractivity contribution < 1.29 is 4.74 Å². The zero-order chi connectivity index (χ0) is 15.0. The van der Waals surface area contributed by atoms with Crippen LogP contribution in [0.3, 0.4) is 0 Å². The van der Waals surface area contributed by atoms with E-state index in [1.807, 2.05) is 60.9 Å². The lowest BCUT2D eigenvalue weighted by Crippen LogP contribution is -2.05. The monoisotopic (exact) mass is 318 g/mol. The number of aromatic amines is 1. The van der Waals surface area contributed by atoms with Crippen LogP contribution in [0, 0.1) is 4.77 Å². The van der Waals surface area contributed by atoms with E-state index in [1.165, 1.54) is 0 Å². The quantitative estimate of drug-likeness (QED) is 0.678. The summed E-state index contributed by atoms with van der Waals surface area (Å²) in [5.41, 5.74) is 2.79. The van der Waals surface area contributed by atoms with Crippen molar-refractivity contribution in [3.8, 4) is 11.4 Å². The van der Waals surface area contributed by atoms with Crippen LogP contribution in [0.5, 0.6) is 5.75 Å². The van der Waals surface area contributed by atoms with Crippen LogP contribution in [0.15, 0.2) is 42.5 Å². The molecule has 3 nitrogen and oxygen atoms in total. The van der Waals surface area contributed by atoms with Crippen molar-refractivity contribution in [2.75, 3.05) is 0 Å². The van der Waals surface area contributed by atoms with Gasteiger partial charge in [-0.25, -0.2) is 0 Å². The van der Waals surface area contributed by atoms with Gasteiger partial charge >= 0.3 is 0 Å². The fourth-order valence-corrected chi connectivity index (χ4v) is 2.82. The van der Waals surface area contributed by atoms with Crippen molar-refractivity contribution in [2.24, 2.45) is 0 Å². The molecule has 3 aromatic rings. The number of fused-ring (bicyclic) bond motifs is 1. The van der Waals surface area contributed by atoms with E-state index >= 15 is 0 Å². The molecule has 0 aliphatic rings. The Bertz CT molecular complexity index is 834. The lowest BCUT2D eigenvalue weighted by Gasteiger charge is -2.10. The predicted octanol–water partition coefficient (Wildman–Crippen LogP) is 5.13. The summed E-state index contributed by atoms with van der Waals surface area (Å²) in [4.78, 5) is 3.16. The smallest absolute Gasteiger partial charge is 0.182 e. The van der Waals surface area contributed by atoms with E-state index in [0.29, 0.717) is 9.79 Å². The third kappa shape index (κ3) is 2.69. The summed E-state index contributed by atoms with van der Waals surface area (Å²) >= 11 is 11.6. The summed E-state index contributed by atoms with van der Waals surface area (Å²) in [5.74, 6) is 0.846. The van der Waals surface area contributed by atoms with Gasteiger partial charge in [-0.1, -0.05) is 17.7 Å². The molecule has 0 saturated heterocycles. The molecule has 0 amide bonds. The minimum atomic E-state index is 0.157. The van der Waals surface area contributed by atoms with Crippen LogP contribution in [0.25, 0.3) is 16.7 Å². The third-order valence-corrected chi connectivity index (χ3v) is 3.73. The lowest BCUT2D eigenvalue weighted by atomic mass is 10.2. The number of halogens is 1. The number of rotatable bonds is 3. The van der Waals surface area contributed by atoms with E-state index in [0.717, 1.165) is 22.5 Å². The fourth-order valence-electron chi connectivity index (χ4n) is 2.30. The average molecular weight is 319 g/mol. The molecular formula is C16H15ClN2OS. The normalized spacial score (nSPS) is 11.2. The summed E-state index contributed by atoms with van der Waals surface area (Å²) in [5, 5.41) is 0.664. The number of ether oxygens (including phenoxy) is 1. The Morgan fingerprint density at radius 1 is 1.14 bits per heavy atom. The Hall–Kier alpha value is -1.78. The first-order chi connectivity index (χ1) is 10.1. The van der Waals surface area contributed by atoms with Gasteiger partial charge in [-0.15, -0.1) is 0 Å². The molecule has 0 saturated carbocycles. The highest BCUT2D eigenvalue weighted by atomic mass is 35.5. The Balaban J connectivity index is 2.10. The van der Waals surface area contributed by atoms with E-state index in [9.17, 15) is 0 Å².